The van der Waals surface area contributed by atoms with Gasteiger partial charge in [0, 0.05) is 31.3 Å². The molecule has 0 saturated heterocycles. The third-order valence-electron chi connectivity index (χ3n) is 3.71. The smallest absolute Gasteiger partial charge is 0.387 e. The molecule has 0 fully saturated rings. The van der Waals surface area contributed by atoms with Crippen molar-refractivity contribution in [1.82, 2.24) is 10.6 Å². The third-order valence-corrected chi connectivity index (χ3v) is 3.71. The van der Waals surface area contributed by atoms with E-state index in [0.29, 0.717) is 17.3 Å². The topological polar surface area (TPSA) is 64.1 Å². The maximum absolute atomic E-state index is 13.5. The van der Waals surface area contributed by atoms with Gasteiger partial charge in [-0.2, -0.15) is 8.78 Å². The fraction of sp³-hybridized carbons (Fsp3) is 0.316. The molecule has 0 spiro atoms. The zero-order valence-corrected chi connectivity index (χ0v) is 15.8. The summed E-state index contributed by atoms with van der Waals surface area (Å²) >= 11 is 0. The van der Waals surface area contributed by atoms with Gasteiger partial charge in [0.05, 0.1) is 13.7 Å². The minimum atomic E-state index is -2.97. The minimum absolute atomic E-state index is 0.0163. The molecule has 0 aromatic heterocycles. The molecular weight excluding hydrogens is 394 g/mol. The zero-order valence-electron chi connectivity index (χ0n) is 15.8. The number of ether oxygens (including phenoxy) is 3. The number of nitrogens with one attached hydrogen (secondary N) is 2. The minimum Gasteiger partial charge on any atom is -0.497 e. The van der Waals surface area contributed by atoms with Crippen LogP contribution in [0.2, 0.25) is 0 Å². The Balaban J connectivity index is 1.86. The first-order chi connectivity index (χ1) is 13.9. The first kappa shape index (κ1) is 22.1. The van der Waals surface area contributed by atoms with Crippen LogP contribution in [0.3, 0.4) is 0 Å². The molecule has 6 nitrogen and oxygen atoms in total. The van der Waals surface area contributed by atoms with Gasteiger partial charge in [-0.3, -0.25) is 4.99 Å². The highest BCUT2D eigenvalue weighted by molar-refractivity contribution is 5.79. The van der Waals surface area contributed by atoms with Crippen LogP contribution < -0.4 is 24.8 Å². The monoisotopic (exact) mass is 415 g/mol. The van der Waals surface area contributed by atoms with Crippen LogP contribution in [0.4, 0.5) is 17.6 Å². The summed E-state index contributed by atoms with van der Waals surface area (Å²) in [6.07, 6.45) is 0. The predicted octanol–water partition coefficient (Wildman–Crippen LogP) is 3.32. The molecule has 2 aromatic carbocycles. The maximum atomic E-state index is 13.5. The van der Waals surface area contributed by atoms with Gasteiger partial charge in [0.1, 0.15) is 23.9 Å². The molecule has 10 heteroatoms. The van der Waals surface area contributed by atoms with Crippen LogP contribution in [-0.4, -0.2) is 39.9 Å². The molecule has 0 heterocycles. The van der Waals surface area contributed by atoms with E-state index in [0.717, 1.165) is 12.1 Å². The Morgan fingerprint density at radius 2 is 1.86 bits per heavy atom. The number of hydrogen-bond acceptors (Lipinski definition) is 4. The highest BCUT2D eigenvalue weighted by Gasteiger charge is 2.12. The Hall–Kier alpha value is -3.17. The number of alkyl halides is 2. The van der Waals surface area contributed by atoms with Crippen LogP contribution in [0.5, 0.6) is 17.2 Å². The summed E-state index contributed by atoms with van der Waals surface area (Å²) in [6, 6.07) is 7.61. The summed E-state index contributed by atoms with van der Waals surface area (Å²) in [5, 5.41) is 5.88. The van der Waals surface area contributed by atoms with E-state index in [1.54, 1.807) is 12.1 Å². The van der Waals surface area contributed by atoms with Gasteiger partial charge in [0.25, 0.3) is 0 Å². The lowest BCUT2D eigenvalue weighted by Gasteiger charge is -2.15. The Bertz CT molecular complexity index is 834. The Morgan fingerprint density at radius 3 is 2.52 bits per heavy atom. The molecule has 0 atom stereocenters. The van der Waals surface area contributed by atoms with E-state index in [1.165, 1.54) is 26.3 Å². The van der Waals surface area contributed by atoms with Gasteiger partial charge >= 0.3 is 6.61 Å². The Kier molecular flexibility index (Phi) is 8.38. The molecule has 2 N–H and O–H groups in total. The first-order valence-electron chi connectivity index (χ1n) is 8.57. The van der Waals surface area contributed by atoms with Crippen LogP contribution >= 0.6 is 0 Å². The lowest BCUT2D eigenvalue weighted by molar-refractivity contribution is -0.0505. The second-order valence-corrected chi connectivity index (χ2v) is 5.63. The summed E-state index contributed by atoms with van der Waals surface area (Å²) in [5.41, 5.74) is 0.471. The number of nitrogens with zero attached hydrogens (tertiary/aromatic N) is 1. The van der Waals surface area contributed by atoms with Crippen molar-refractivity contribution in [2.24, 2.45) is 4.99 Å². The second kappa shape index (κ2) is 11.0. The van der Waals surface area contributed by atoms with Crippen LogP contribution in [0.1, 0.15) is 5.56 Å². The van der Waals surface area contributed by atoms with E-state index < -0.39 is 18.2 Å². The predicted molar refractivity (Wildman–Crippen MR) is 99.7 cm³/mol. The molecule has 2 rings (SSSR count). The molecule has 0 saturated carbocycles. The molecule has 0 aliphatic carbocycles. The summed E-state index contributed by atoms with van der Waals surface area (Å²) in [7, 11) is 2.95. The van der Waals surface area contributed by atoms with Crippen molar-refractivity contribution in [3.63, 3.8) is 0 Å². The zero-order chi connectivity index (χ0) is 21.2. The van der Waals surface area contributed by atoms with Crippen molar-refractivity contribution < 1.29 is 31.8 Å². The molecule has 29 heavy (non-hydrogen) atoms. The maximum Gasteiger partial charge on any atom is 0.387 e. The highest BCUT2D eigenvalue weighted by Crippen LogP contribution is 2.26. The average Bonchev–Trinajstić information content (AvgIpc) is 2.69. The van der Waals surface area contributed by atoms with Crippen LogP contribution in [0, 0.1) is 11.6 Å². The second-order valence-electron chi connectivity index (χ2n) is 5.63. The lowest BCUT2D eigenvalue weighted by atomic mass is 10.2. The number of aliphatic imine (C=N–C) groups is 1. The fourth-order valence-corrected chi connectivity index (χ4v) is 2.34. The van der Waals surface area contributed by atoms with Gasteiger partial charge in [-0.05, 0) is 24.3 Å². The van der Waals surface area contributed by atoms with E-state index in [9.17, 15) is 17.6 Å². The van der Waals surface area contributed by atoms with Crippen molar-refractivity contribution in [3.8, 4) is 17.2 Å². The first-order valence-corrected chi connectivity index (χ1v) is 8.57. The normalized spacial score (nSPS) is 11.3. The van der Waals surface area contributed by atoms with Gasteiger partial charge in [0.2, 0.25) is 0 Å². The molecule has 0 radical (unpaired) electrons. The van der Waals surface area contributed by atoms with Crippen LogP contribution in [-0.2, 0) is 6.54 Å². The van der Waals surface area contributed by atoms with Crippen molar-refractivity contribution in [3.05, 3.63) is 53.6 Å². The fourth-order valence-electron chi connectivity index (χ4n) is 2.34. The van der Waals surface area contributed by atoms with Crippen molar-refractivity contribution in [2.75, 3.05) is 27.3 Å². The van der Waals surface area contributed by atoms with Gasteiger partial charge in [-0.15, -0.1) is 0 Å². The van der Waals surface area contributed by atoms with Gasteiger partial charge in [-0.1, -0.05) is 0 Å². The lowest BCUT2D eigenvalue weighted by Crippen LogP contribution is -2.39. The number of rotatable bonds is 9. The van der Waals surface area contributed by atoms with Crippen LogP contribution in [0.15, 0.2) is 41.4 Å². The quantitative estimate of drug-likeness (QED) is 0.285. The Morgan fingerprint density at radius 1 is 1.07 bits per heavy atom. The van der Waals surface area contributed by atoms with E-state index in [4.69, 9.17) is 9.47 Å². The van der Waals surface area contributed by atoms with Crippen LogP contribution in [0.25, 0.3) is 0 Å². The molecule has 0 aliphatic rings. The number of halogens is 4. The Labute approximate surface area is 165 Å². The summed E-state index contributed by atoms with van der Waals surface area (Å²) < 4.78 is 66.4. The van der Waals surface area contributed by atoms with Gasteiger partial charge < -0.3 is 24.8 Å². The number of methoxy groups -OCH3 is 1. The largest absolute Gasteiger partial charge is 0.497 e. The van der Waals surface area contributed by atoms with Crippen molar-refractivity contribution in [2.45, 2.75) is 13.2 Å². The SMILES string of the molecule is CN=C(NCCOc1ccc(F)cc1F)NCc1ccc(OC)cc1OC(F)F. The van der Waals surface area contributed by atoms with Crippen molar-refractivity contribution >= 4 is 5.96 Å². The highest BCUT2D eigenvalue weighted by atomic mass is 19.3. The number of benzene rings is 2. The molecule has 0 amide bonds. The number of guanidine groups is 1. The van der Waals surface area contributed by atoms with Crippen molar-refractivity contribution in [1.29, 1.82) is 0 Å². The molecule has 0 aliphatic heterocycles. The molecule has 0 bridgehead atoms. The molecular formula is C19H21F4N3O3. The summed E-state index contributed by atoms with van der Waals surface area (Å²) in [4.78, 5) is 4.00. The third kappa shape index (κ3) is 7.05. The van der Waals surface area contributed by atoms with Gasteiger partial charge in [-0.25, -0.2) is 8.78 Å². The van der Waals surface area contributed by atoms with E-state index in [1.807, 2.05) is 0 Å². The summed E-state index contributed by atoms with van der Waals surface area (Å²) in [5.74, 6) is -0.811. The molecule has 2 aromatic rings. The summed E-state index contributed by atoms with van der Waals surface area (Å²) in [6.45, 7) is -2.47. The van der Waals surface area contributed by atoms with E-state index in [2.05, 4.69) is 20.4 Å². The standard InChI is InChI=1S/C19H21F4N3O3/c1-24-19(25-7-8-28-16-6-4-13(20)9-15(16)21)26-11-12-3-5-14(27-2)10-17(12)29-18(22)23/h3-6,9-10,18H,7-8,11H2,1-2H3,(H2,24,25,26). The average molecular weight is 415 g/mol. The van der Waals surface area contributed by atoms with E-state index >= 15 is 0 Å². The molecule has 0 unspecified atom stereocenters. The van der Waals surface area contributed by atoms with Gasteiger partial charge in [0.15, 0.2) is 17.5 Å². The molecule has 158 valence electrons. The van der Waals surface area contributed by atoms with E-state index in [-0.39, 0.29) is 31.2 Å². The number of hydrogen-bond donors (Lipinski definition) is 2.